The number of aromatic amines is 1. The van der Waals surface area contributed by atoms with Crippen molar-refractivity contribution in [3.05, 3.63) is 27.2 Å². The van der Waals surface area contributed by atoms with Gasteiger partial charge >= 0.3 is 0 Å². The van der Waals surface area contributed by atoms with E-state index in [-0.39, 0.29) is 24.2 Å². The highest BCUT2D eigenvalue weighted by Gasteiger charge is 2.20. The van der Waals surface area contributed by atoms with Gasteiger partial charge in [0.15, 0.2) is 6.29 Å². The fourth-order valence-electron chi connectivity index (χ4n) is 2.99. The molecule has 0 aromatic carbocycles. The lowest BCUT2D eigenvalue weighted by atomic mass is 9.91. The van der Waals surface area contributed by atoms with Gasteiger partial charge in [0.1, 0.15) is 0 Å². The van der Waals surface area contributed by atoms with E-state index in [9.17, 15) is 9.59 Å². The quantitative estimate of drug-likeness (QED) is 0.803. The first kappa shape index (κ1) is 15.2. The summed E-state index contributed by atoms with van der Waals surface area (Å²) in [6, 6.07) is 0. The average Bonchev–Trinajstić information content (AvgIpc) is 3.04. The summed E-state index contributed by atoms with van der Waals surface area (Å²) in [5, 5.41) is 9.43. The van der Waals surface area contributed by atoms with E-state index in [1.54, 1.807) is 0 Å². The Kier molecular flexibility index (Phi) is 4.84. The molecule has 7 nitrogen and oxygen atoms in total. The molecule has 0 atom stereocenters. The van der Waals surface area contributed by atoms with Crippen LogP contribution in [0.2, 0.25) is 0 Å². The Morgan fingerprint density at radius 1 is 1.23 bits per heavy atom. The third-order valence-electron chi connectivity index (χ3n) is 4.10. The van der Waals surface area contributed by atoms with Crippen LogP contribution in [0.4, 0.5) is 0 Å². The number of rotatable bonds is 5. The van der Waals surface area contributed by atoms with Crippen molar-refractivity contribution in [3.63, 3.8) is 0 Å². The molecule has 1 aliphatic heterocycles. The predicted octanol–water partition coefficient (Wildman–Crippen LogP) is 0.0704. The highest BCUT2D eigenvalue weighted by molar-refractivity contribution is 5.78. The van der Waals surface area contributed by atoms with Crippen LogP contribution in [-0.4, -0.2) is 42.2 Å². The van der Waals surface area contributed by atoms with Gasteiger partial charge in [0.05, 0.1) is 25.3 Å². The van der Waals surface area contributed by atoms with Gasteiger partial charge in [-0.2, -0.15) is 5.10 Å². The second kappa shape index (κ2) is 7.02. The number of ether oxygens (including phenoxy) is 2. The van der Waals surface area contributed by atoms with Gasteiger partial charge in [-0.15, -0.1) is 0 Å². The molecule has 0 bridgehead atoms. The van der Waals surface area contributed by atoms with Crippen molar-refractivity contribution in [2.75, 3.05) is 19.8 Å². The molecule has 0 spiro atoms. The molecule has 1 aromatic heterocycles. The molecule has 0 radical (unpaired) electrons. The molecule has 22 heavy (non-hydrogen) atoms. The van der Waals surface area contributed by atoms with E-state index in [1.807, 2.05) is 0 Å². The lowest BCUT2D eigenvalue weighted by Crippen LogP contribution is -2.31. The third-order valence-corrected chi connectivity index (χ3v) is 4.10. The molecule has 1 aromatic rings. The number of nitrogens with zero attached hydrogens (tertiary/aromatic N) is 1. The van der Waals surface area contributed by atoms with Crippen molar-refractivity contribution in [1.29, 1.82) is 0 Å². The van der Waals surface area contributed by atoms with Crippen molar-refractivity contribution in [2.45, 2.75) is 44.8 Å². The van der Waals surface area contributed by atoms with Crippen LogP contribution in [0.15, 0.2) is 4.79 Å². The SMILES string of the molecule is O=C(Cc1n[nH]c(=O)c2c1CCCC2)NCCC1OCCO1. The van der Waals surface area contributed by atoms with E-state index in [1.165, 1.54) is 0 Å². The summed E-state index contributed by atoms with van der Waals surface area (Å²) in [4.78, 5) is 23.8. The molecule has 2 heterocycles. The van der Waals surface area contributed by atoms with Gasteiger partial charge in [0.25, 0.3) is 5.56 Å². The maximum Gasteiger partial charge on any atom is 0.267 e. The Hall–Kier alpha value is -1.73. The van der Waals surface area contributed by atoms with Crippen molar-refractivity contribution >= 4 is 5.91 Å². The summed E-state index contributed by atoms with van der Waals surface area (Å²) in [5.41, 5.74) is 2.35. The molecule has 2 aliphatic rings. The molecule has 1 aliphatic carbocycles. The molecule has 3 rings (SSSR count). The number of carbonyl (C=O) groups excluding carboxylic acids is 1. The summed E-state index contributed by atoms with van der Waals surface area (Å²) in [7, 11) is 0. The molecule has 7 heteroatoms. The van der Waals surface area contributed by atoms with E-state index in [4.69, 9.17) is 9.47 Å². The van der Waals surface area contributed by atoms with Crippen LogP contribution >= 0.6 is 0 Å². The van der Waals surface area contributed by atoms with Crippen molar-refractivity contribution in [2.24, 2.45) is 0 Å². The van der Waals surface area contributed by atoms with Crippen LogP contribution in [0.3, 0.4) is 0 Å². The number of aromatic nitrogens is 2. The Labute approximate surface area is 128 Å². The van der Waals surface area contributed by atoms with E-state index in [2.05, 4.69) is 15.5 Å². The van der Waals surface area contributed by atoms with Gasteiger partial charge in [-0.1, -0.05) is 0 Å². The number of H-pyrrole nitrogens is 1. The van der Waals surface area contributed by atoms with Crippen molar-refractivity contribution in [3.8, 4) is 0 Å². The van der Waals surface area contributed by atoms with Gasteiger partial charge < -0.3 is 14.8 Å². The third kappa shape index (κ3) is 3.53. The summed E-state index contributed by atoms with van der Waals surface area (Å²) >= 11 is 0. The molecular weight excluding hydrogens is 286 g/mol. The normalized spacial score (nSPS) is 18.2. The monoisotopic (exact) mass is 307 g/mol. The summed E-state index contributed by atoms with van der Waals surface area (Å²) in [6.07, 6.45) is 4.31. The molecule has 2 N–H and O–H groups in total. The highest BCUT2D eigenvalue weighted by Crippen LogP contribution is 2.20. The van der Waals surface area contributed by atoms with Crippen LogP contribution in [0.5, 0.6) is 0 Å². The number of fused-ring (bicyclic) bond motifs is 1. The van der Waals surface area contributed by atoms with Crippen LogP contribution in [-0.2, 0) is 33.5 Å². The van der Waals surface area contributed by atoms with E-state index in [0.717, 1.165) is 36.8 Å². The maximum atomic E-state index is 12.0. The molecule has 0 unspecified atom stereocenters. The number of hydrogen-bond acceptors (Lipinski definition) is 5. The molecule has 1 saturated heterocycles. The lowest BCUT2D eigenvalue weighted by molar-refractivity contribution is -0.120. The molecular formula is C15H21N3O4. The number of hydrogen-bond donors (Lipinski definition) is 2. The van der Waals surface area contributed by atoms with Gasteiger partial charge in [-0.05, 0) is 31.2 Å². The minimum atomic E-state index is -0.209. The van der Waals surface area contributed by atoms with E-state index < -0.39 is 0 Å². The smallest absolute Gasteiger partial charge is 0.267 e. The summed E-state index contributed by atoms with van der Waals surface area (Å²) < 4.78 is 10.6. The molecule has 1 amide bonds. The minimum Gasteiger partial charge on any atom is -0.356 e. The second-order valence-electron chi connectivity index (χ2n) is 5.65. The Morgan fingerprint density at radius 2 is 1.95 bits per heavy atom. The minimum absolute atomic E-state index is 0.0923. The Balaban J connectivity index is 1.56. The number of carbonyl (C=O) groups is 1. The fourth-order valence-corrected chi connectivity index (χ4v) is 2.99. The van der Waals surface area contributed by atoms with Crippen LogP contribution < -0.4 is 10.9 Å². The zero-order valence-electron chi connectivity index (χ0n) is 12.5. The zero-order chi connectivity index (χ0) is 15.4. The molecule has 1 fully saturated rings. The first-order valence-electron chi connectivity index (χ1n) is 7.83. The average molecular weight is 307 g/mol. The van der Waals surface area contributed by atoms with Crippen LogP contribution in [0.25, 0.3) is 0 Å². The second-order valence-corrected chi connectivity index (χ2v) is 5.65. The standard InChI is InChI=1S/C15H21N3O4/c19-13(16-6-5-14-21-7-8-22-14)9-12-10-3-1-2-4-11(10)15(20)18-17-12/h14H,1-9H2,(H,16,19)(H,18,20). The number of amides is 1. The van der Waals surface area contributed by atoms with Gasteiger partial charge in [-0.3, -0.25) is 9.59 Å². The zero-order valence-corrected chi connectivity index (χ0v) is 12.5. The van der Waals surface area contributed by atoms with Gasteiger partial charge in [0, 0.05) is 18.5 Å². The first-order valence-corrected chi connectivity index (χ1v) is 7.83. The van der Waals surface area contributed by atoms with E-state index in [0.29, 0.717) is 31.9 Å². The highest BCUT2D eigenvalue weighted by atomic mass is 16.7. The topological polar surface area (TPSA) is 93.3 Å². The van der Waals surface area contributed by atoms with E-state index >= 15 is 0 Å². The Bertz CT molecular complexity index is 593. The van der Waals surface area contributed by atoms with Crippen molar-refractivity contribution in [1.82, 2.24) is 15.5 Å². The summed E-state index contributed by atoms with van der Waals surface area (Å²) in [5.74, 6) is -0.0923. The lowest BCUT2D eigenvalue weighted by Gasteiger charge is -2.17. The maximum absolute atomic E-state index is 12.0. The van der Waals surface area contributed by atoms with Gasteiger partial charge in [-0.25, -0.2) is 5.10 Å². The van der Waals surface area contributed by atoms with Crippen LogP contribution in [0, 0.1) is 0 Å². The Morgan fingerprint density at radius 3 is 2.73 bits per heavy atom. The predicted molar refractivity (Wildman–Crippen MR) is 78.5 cm³/mol. The van der Waals surface area contributed by atoms with Crippen molar-refractivity contribution < 1.29 is 14.3 Å². The van der Waals surface area contributed by atoms with Crippen LogP contribution in [0.1, 0.15) is 36.1 Å². The number of nitrogens with one attached hydrogen (secondary N) is 2. The summed E-state index contributed by atoms with van der Waals surface area (Å²) in [6.45, 7) is 1.74. The fraction of sp³-hybridized carbons (Fsp3) is 0.667. The molecule has 0 saturated carbocycles. The van der Waals surface area contributed by atoms with Gasteiger partial charge in [0.2, 0.25) is 5.91 Å². The largest absolute Gasteiger partial charge is 0.356 e. The first-order chi connectivity index (χ1) is 10.7. The molecule has 120 valence electrons.